The van der Waals surface area contributed by atoms with Crippen molar-refractivity contribution in [2.24, 2.45) is 0 Å². The van der Waals surface area contributed by atoms with Gasteiger partial charge in [0.25, 0.3) is 0 Å². The van der Waals surface area contributed by atoms with Crippen LogP contribution in [0.1, 0.15) is 23.5 Å². The average Bonchev–Trinajstić information content (AvgIpc) is 3.39. The third-order valence-corrected chi connectivity index (χ3v) is 7.18. The Morgan fingerprint density at radius 1 is 0.962 bits per heavy atom. The molecule has 7 heteroatoms. The molecule has 1 saturated heterocycles. The first-order chi connectivity index (χ1) is 12.6. The Bertz CT molecular complexity index is 972. The highest BCUT2D eigenvalue weighted by Crippen LogP contribution is 2.38. The summed E-state index contributed by atoms with van der Waals surface area (Å²) in [5, 5.41) is 0. The van der Waals surface area contributed by atoms with Gasteiger partial charge in [-0.3, -0.25) is 0 Å². The van der Waals surface area contributed by atoms with Gasteiger partial charge in [-0.25, -0.2) is 8.42 Å². The SMILES string of the molecule is O=S(=O)(c1ccc2c(c1)CCO2)N1CC[C@H](c2ccc3c(c2)OCO3)C1. The molecule has 0 amide bonds. The first-order valence-corrected chi connectivity index (χ1v) is 10.2. The number of rotatable bonds is 3. The molecule has 0 spiro atoms. The molecule has 3 aliphatic heterocycles. The summed E-state index contributed by atoms with van der Waals surface area (Å²) in [6, 6.07) is 11.0. The number of fused-ring (bicyclic) bond motifs is 2. The zero-order chi connectivity index (χ0) is 17.7. The predicted octanol–water partition coefficient (Wildman–Crippen LogP) is 2.53. The second-order valence-electron chi connectivity index (χ2n) is 6.83. The summed E-state index contributed by atoms with van der Waals surface area (Å²) in [7, 11) is -3.49. The highest BCUT2D eigenvalue weighted by Gasteiger charge is 2.34. The lowest BCUT2D eigenvalue weighted by molar-refractivity contribution is 0.174. The summed E-state index contributed by atoms with van der Waals surface area (Å²) in [6.07, 6.45) is 1.56. The van der Waals surface area contributed by atoms with Gasteiger partial charge in [-0.15, -0.1) is 0 Å². The molecule has 0 radical (unpaired) electrons. The van der Waals surface area contributed by atoms with Crippen molar-refractivity contribution in [3.05, 3.63) is 47.5 Å². The minimum Gasteiger partial charge on any atom is -0.493 e. The standard InChI is InChI=1S/C19H19NO5S/c21-26(22,16-2-4-17-14(9-16)6-8-23-17)20-7-5-15(11-20)13-1-3-18-19(10-13)25-12-24-18/h1-4,9-10,15H,5-8,11-12H2/t15-/m0/s1. The van der Waals surface area contributed by atoms with Crippen molar-refractivity contribution in [3.8, 4) is 17.2 Å². The topological polar surface area (TPSA) is 65.1 Å². The van der Waals surface area contributed by atoms with Crippen LogP contribution in [-0.4, -0.2) is 39.2 Å². The number of hydrogen-bond donors (Lipinski definition) is 0. The lowest BCUT2D eigenvalue weighted by Crippen LogP contribution is -2.28. The number of benzene rings is 2. The number of ether oxygens (including phenoxy) is 3. The molecule has 0 bridgehead atoms. The van der Waals surface area contributed by atoms with E-state index < -0.39 is 10.0 Å². The van der Waals surface area contributed by atoms with Gasteiger partial charge in [0.15, 0.2) is 11.5 Å². The third kappa shape index (κ3) is 2.54. The van der Waals surface area contributed by atoms with Gasteiger partial charge >= 0.3 is 0 Å². The molecule has 3 aliphatic rings. The van der Waals surface area contributed by atoms with Crippen LogP contribution in [0.4, 0.5) is 0 Å². The van der Waals surface area contributed by atoms with E-state index in [1.165, 1.54) is 0 Å². The molecule has 0 aromatic heterocycles. The Morgan fingerprint density at radius 3 is 2.73 bits per heavy atom. The van der Waals surface area contributed by atoms with Crippen LogP contribution in [0.25, 0.3) is 0 Å². The normalized spacial score (nSPS) is 21.6. The summed E-state index contributed by atoms with van der Waals surface area (Å²) in [6.45, 7) is 1.87. The summed E-state index contributed by atoms with van der Waals surface area (Å²) >= 11 is 0. The molecule has 136 valence electrons. The fraction of sp³-hybridized carbons (Fsp3) is 0.368. The smallest absolute Gasteiger partial charge is 0.243 e. The molecular formula is C19H19NO5S. The summed E-state index contributed by atoms with van der Waals surface area (Å²) in [4.78, 5) is 0.355. The van der Waals surface area contributed by atoms with E-state index in [9.17, 15) is 8.42 Å². The number of nitrogens with zero attached hydrogens (tertiary/aromatic N) is 1. The van der Waals surface area contributed by atoms with Crippen LogP contribution in [0.3, 0.4) is 0 Å². The Morgan fingerprint density at radius 2 is 1.81 bits per heavy atom. The highest BCUT2D eigenvalue weighted by molar-refractivity contribution is 7.89. The molecule has 0 aliphatic carbocycles. The van der Waals surface area contributed by atoms with E-state index in [-0.39, 0.29) is 12.7 Å². The van der Waals surface area contributed by atoms with Crippen LogP contribution >= 0.6 is 0 Å². The van der Waals surface area contributed by atoms with E-state index in [1.807, 2.05) is 18.2 Å². The largest absolute Gasteiger partial charge is 0.493 e. The van der Waals surface area contributed by atoms with E-state index in [0.717, 1.165) is 41.2 Å². The molecule has 3 heterocycles. The quantitative estimate of drug-likeness (QED) is 0.827. The van der Waals surface area contributed by atoms with Crippen molar-refractivity contribution >= 4 is 10.0 Å². The van der Waals surface area contributed by atoms with Gasteiger partial charge in [-0.05, 0) is 53.8 Å². The fourth-order valence-electron chi connectivity index (χ4n) is 3.86. The van der Waals surface area contributed by atoms with Crippen molar-refractivity contribution in [2.45, 2.75) is 23.7 Å². The third-order valence-electron chi connectivity index (χ3n) is 5.32. The van der Waals surface area contributed by atoms with Crippen LogP contribution < -0.4 is 14.2 Å². The van der Waals surface area contributed by atoms with Crippen molar-refractivity contribution in [3.63, 3.8) is 0 Å². The number of hydrogen-bond acceptors (Lipinski definition) is 5. The molecular weight excluding hydrogens is 354 g/mol. The monoisotopic (exact) mass is 373 g/mol. The van der Waals surface area contributed by atoms with Crippen LogP contribution in [0.5, 0.6) is 17.2 Å². The maximum Gasteiger partial charge on any atom is 0.243 e. The predicted molar refractivity (Wildman–Crippen MR) is 94.3 cm³/mol. The molecule has 5 rings (SSSR count). The van der Waals surface area contributed by atoms with Gasteiger partial charge in [0.1, 0.15) is 5.75 Å². The van der Waals surface area contributed by atoms with Crippen LogP contribution in [-0.2, 0) is 16.4 Å². The van der Waals surface area contributed by atoms with Crippen LogP contribution in [0, 0.1) is 0 Å². The molecule has 2 aromatic rings. The van der Waals surface area contributed by atoms with Gasteiger partial charge in [-0.1, -0.05) is 6.07 Å². The van der Waals surface area contributed by atoms with E-state index in [2.05, 4.69) is 0 Å². The van der Waals surface area contributed by atoms with E-state index in [1.54, 1.807) is 22.5 Å². The molecule has 0 unspecified atom stereocenters. The average molecular weight is 373 g/mol. The maximum absolute atomic E-state index is 13.0. The van der Waals surface area contributed by atoms with E-state index in [0.29, 0.717) is 24.6 Å². The molecule has 0 saturated carbocycles. The summed E-state index contributed by atoms with van der Waals surface area (Å²) in [5.41, 5.74) is 2.06. The Labute approximate surface area is 152 Å². The van der Waals surface area contributed by atoms with E-state index >= 15 is 0 Å². The molecule has 1 atom stereocenters. The Balaban J connectivity index is 1.38. The molecule has 2 aromatic carbocycles. The first-order valence-electron chi connectivity index (χ1n) is 8.77. The van der Waals surface area contributed by atoms with Gasteiger partial charge < -0.3 is 14.2 Å². The van der Waals surface area contributed by atoms with Gasteiger partial charge in [-0.2, -0.15) is 4.31 Å². The zero-order valence-corrected chi connectivity index (χ0v) is 15.0. The molecule has 6 nitrogen and oxygen atoms in total. The summed E-state index contributed by atoms with van der Waals surface area (Å²) in [5.74, 6) is 2.44. The zero-order valence-electron chi connectivity index (χ0n) is 14.2. The highest BCUT2D eigenvalue weighted by atomic mass is 32.2. The van der Waals surface area contributed by atoms with Crippen molar-refractivity contribution in [2.75, 3.05) is 26.5 Å². The van der Waals surface area contributed by atoms with Gasteiger partial charge in [0.05, 0.1) is 11.5 Å². The van der Waals surface area contributed by atoms with Gasteiger partial charge in [0.2, 0.25) is 16.8 Å². The van der Waals surface area contributed by atoms with E-state index in [4.69, 9.17) is 14.2 Å². The second kappa shape index (κ2) is 5.89. The van der Waals surface area contributed by atoms with Crippen LogP contribution in [0.15, 0.2) is 41.3 Å². The maximum atomic E-state index is 13.0. The van der Waals surface area contributed by atoms with Crippen LogP contribution in [0.2, 0.25) is 0 Å². The van der Waals surface area contributed by atoms with Crippen molar-refractivity contribution < 1.29 is 22.6 Å². The summed E-state index contributed by atoms with van der Waals surface area (Å²) < 4.78 is 43.9. The Kier molecular flexibility index (Phi) is 3.62. The molecule has 26 heavy (non-hydrogen) atoms. The lowest BCUT2D eigenvalue weighted by Gasteiger charge is -2.17. The lowest BCUT2D eigenvalue weighted by atomic mass is 9.98. The first kappa shape index (κ1) is 16.0. The molecule has 1 fully saturated rings. The van der Waals surface area contributed by atoms with Crippen molar-refractivity contribution in [1.82, 2.24) is 4.31 Å². The Hall–Kier alpha value is -2.25. The fourth-order valence-corrected chi connectivity index (χ4v) is 5.41. The molecule has 0 N–H and O–H groups in total. The minimum atomic E-state index is -3.49. The van der Waals surface area contributed by atoms with Gasteiger partial charge in [0, 0.05) is 19.5 Å². The van der Waals surface area contributed by atoms with Crippen molar-refractivity contribution in [1.29, 1.82) is 0 Å². The number of sulfonamides is 1. The second-order valence-corrected chi connectivity index (χ2v) is 8.77. The minimum absolute atomic E-state index is 0.164.